The van der Waals surface area contributed by atoms with E-state index in [1.165, 1.54) is 6.20 Å². The third-order valence-corrected chi connectivity index (χ3v) is 6.07. The van der Waals surface area contributed by atoms with Gasteiger partial charge in [-0.3, -0.25) is 9.78 Å². The topological polar surface area (TPSA) is 71.5 Å². The fourth-order valence-electron chi connectivity index (χ4n) is 4.17. The monoisotopic (exact) mass is 433 g/mol. The Morgan fingerprint density at radius 3 is 2.68 bits per heavy atom. The van der Waals surface area contributed by atoms with Crippen LogP contribution < -0.4 is 9.64 Å². The molecule has 0 bridgehead atoms. The molecule has 2 aliphatic heterocycles. The van der Waals surface area contributed by atoms with Crippen molar-refractivity contribution in [3.05, 3.63) is 41.1 Å². The first-order chi connectivity index (χ1) is 14.8. The number of methoxy groups -OCH3 is 1. The molecule has 5 rings (SSSR count). The highest BCUT2D eigenvalue weighted by Crippen LogP contribution is 2.40. The largest absolute Gasteiger partial charge is 0.481 e. The summed E-state index contributed by atoms with van der Waals surface area (Å²) in [7, 11) is 1.58. The van der Waals surface area contributed by atoms with Crippen LogP contribution in [0.1, 0.15) is 48.0 Å². The molecule has 7 nitrogen and oxygen atoms in total. The summed E-state index contributed by atoms with van der Waals surface area (Å²) in [5.41, 5.74) is 1.30. The van der Waals surface area contributed by atoms with Gasteiger partial charge in [0.05, 0.1) is 31.5 Å². The molecule has 2 aromatic heterocycles. The molecule has 0 radical (unpaired) electrons. The number of ether oxygens (including phenoxy) is 1. The molecule has 4 heterocycles. The summed E-state index contributed by atoms with van der Waals surface area (Å²) in [6.45, 7) is 1.96. The standard InChI is InChI=1S/C21H22F3N5O2/c1-31-20-15-10-29(11-16(15)26-19(27-20)13-2-3-13)18(30)6-12-8-28(9-12)14-4-5-25-17(7-14)21(22,23)24/h4-5,7,12-13H,2-3,6,8-11H2,1H3. The molecule has 31 heavy (non-hydrogen) atoms. The quantitative estimate of drug-likeness (QED) is 0.722. The Morgan fingerprint density at radius 2 is 2.00 bits per heavy atom. The molecule has 0 unspecified atom stereocenters. The maximum Gasteiger partial charge on any atom is 0.433 e. The number of hydrogen-bond acceptors (Lipinski definition) is 6. The number of rotatable bonds is 5. The van der Waals surface area contributed by atoms with Gasteiger partial charge in [0.15, 0.2) is 0 Å². The van der Waals surface area contributed by atoms with Crippen LogP contribution in [0, 0.1) is 5.92 Å². The molecule has 1 aliphatic carbocycles. The van der Waals surface area contributed by atoms with Crippen LogP contribution in [0.3, 0.4) is 0 Å². The average Bonchev–Trinajstić information content (AvgIpc) is 3.47. The lowest BCUT2D eigenvalue weighted by Gasteiger charge is -2.41. The van der Waals surface area contributed by atoms with Crippen LogP contribution >= 0.6 is 0 Å². The molecule has 0 N–H and O–H groups in total. The van der Waals surface area contributed by atoms with Gasteiger partial charge in [-0.15, -0.1) is 0 Å². The van der Waals surface area contributed by atoms with E-state index >= 15 is 0 Å². The molecule has 1 saturated carbocycles. The van der Waals surface area contributed by atoms with Crippen molar-refractivity contribution in [3.8, 4) is 5.88 Å². The first-order valence-corrected chi connectivity index (χ1v) is 10.3. The summed E-state index contributed by atoms with van der Waals surface area (Å²) >= 11 is 0. The van der Waals surface area contributed by atoms with Crippen molar-refractivity contribution >= 4 is 11.6 Å². The molecule has 1 saturated heterocycles. The second-order valence-corrected chi connectivity index (χ2v) is 8.41. The van der Waals surface area contributed by atoms with Gasteiger partial charge < -0.3 is 14.5 Å². The van der Waals surface area contributed by atoms with E-state index in [0.717, 1.165) is 36.0 Å². The van der Waals surface area contributed by atoms with E-state index in [0.29, 0.717) is 50.1 Å². The maximum absolute atomic E-state index is 12.9. The summed E-state index contributed by atoms with van der Waals surface area (Å²) in [6.07, 6.45) is -0.769. The Balaban J connectivity index is 1.19. The number of carbonyl (C=O) groups is 1. The number of halogens is 3. The van der Waals surface area contributed by atoms with Gasteiger partial charge in [-0.25, -0.2) is 4.98 Å². The summed E-state index contributed by atoms with van der Waals surface area (Å²) in [6, 6.07) is 2.62. The number of carbonyl (C=O) groups excluding carboxylic acids is 1. The highest BCUT2D eigenvalue weighted by Gasteiger charge is 2.37. The fraction of sp³-hybridized carbons (Fsp3) is 0.524. The number of aromatic nitrogens is 3. The Hall–Kier alpha value is -2.91. The van der Waals surface area contributed by atoms with Gasteiger partial charge >= 0.3 is 6.18 Å². The Labute approximate surface area is 177 Å². The van der Waals surface area contributed by atoms with Gasteiger partial charge in [-0.1, -0.05) is 0 Å². The summed E-state index contributed by atoms with van der Waals surface area (Å²) in [5.74, 6) is 1.87. The van der Waals surface area contributed by atoms with Crippen LogP contribution in [0.4, 0.5) is 18.9 Å². The van der Waals surface area contributed by atoms with E-state index in [9.17, 15) is 18.0 Å². The molecule has 0 spiro atoms. The molecule has 2 aromatic rings. The third-order valence-electron chi connectivity index (χ3n) is 6.07. The van der Waals surface area contributed by atoms with Gasteiger partial charge in [0, 0.05) is 43.2 Å². The highest BCUT2D eigenvalue weighted by atomic mass is 19.4. The van der Waals surface area contributed by atoms with Crippen molar-refractivity contribution in [2.45, 2.75) is 44.4 Å². The first kappa shape index (κ1) is 20.0. The minimum absolute atomic E-state index is 0.0170. The summed E-state index contributed by atoms with van der Waals surface area (Å²) in [5, 5.41) is 0. The molecule has 0 atom stereocenters. The van der Waals surface area contributed by atoms with Gasteiger partial charge in [0.25, 0.3) is 0 Å². The number of anilines is 1. The second kappa shape index (κ2) is 7.35. The first-order valence-electron chi connectivity index (χ1n) is 10.3. The zero-order valence-corrected chi connectivity index (χ0v) is 17.0. The fourth-order valence-corrected chi connectivity index (χ4v) is 4.17. The van der Waals surface area contributed by atoms with Gasteiger partial charge in [-0.05, 0) is 25.0 Å². The van der Waals surface area contributed by atoms with E-state index < -0.39 is 11.9 Å². The lowest BCUT2D eigenvalue weighted by atomic mass is 9.95. The minimum atomic E-state index is -4.47. The van der Waals surface area contributed by atoms with Crippen LogP contribution in [0.25, 0.3) is 0 Å². The third kappa shape index (κ3) is 3.90. The van der Waals surface area contributed by atoms with Crippen LogP contribution in [0.15, 0.2) is 18.3 Å². The van der Waals surface area contributed by atoms with E-state index in [1.807, 2.05) is 4.90 Å². The van der Waals surface area contributed by atoms with E-state index in [1.54, 1.807) is 18.1 Å². The Kier molecular flexibility index (Phi) is 4.75. The predicted octanol–water partition coefficient (Wildman–Crippen LogP) is 3.15. The number of nitrogens with zero attached hydrogens (tertiary/aromatic N) is 5. The molecular weight excluding hydrogens is 411 g/mol. The molecule has 2 fully saturated rings. The van der Waals surface area contributed by atoms with E-state index in [-0.39, 0.29) is 11.8 Å². The number of amides is 1. The number of hydrogen-bond donors (Lipinski definition) is 0. The maximum atomic E-state index is 12.9. The van der Waals surface area contributed by atoms with Crippen LogP contribution in [0.5, 0.6) is 5.88 Å². The van der Waals surface area contributed by atoms with Gasteiger partial charge in [0.2, 0.25) is 11.8 Å². The number of pyridine rings is 1. The zero-order valence-electron chi connectivity index (χ0n) is 17.0. The summed E-state index contributed by atoms with van der Waals surface area (Å²) < 4.78 is 44.0. The van der Waals surface area contributed by atoms with Crippen LogP contribution in [-0.2, 0) is 24.1 Å². The average molecular weight is 433 g/mol. The normalized spacial score (nSPS) is 18.7. The molecule has 164 valence electrons. The van der Waals surface area contributed by atoms with Gasteiger partial charge in [0.1, 0.15) is 11.5 Å². The van der Waals surface area contributed by atoms with E-state index in [2.05, 4.69) is 15.0 Å². The lowest BCUT2D eigenvalue weighted by Crippen LogP contribution is -2.48. The Bertz CT molecular complexity index is 1020. The van der Waals surface area contributed by atoms with Crippen LogP contribution in [-0.4, -0.2) is 46.0 Å². The molecule has 3 aliphatic rings. The van der Waals surface area contributed by atoms with Crippen molar-refractivity contribution in [1.82, 2.24) is 19.9 Å². The van der Waals surface area contributed by atoms with Gasteiger partial charge in [-0.2, -0.15) is 18.2 Å². The highest BCUT2D eigenvalue weighted by molar-refractivity contribution is 5.77. The van der Waals surface area contributed by atoms with Crippen molar-refractivity contribution < 1.29 is 22.7 Å². The van der Waals surface area contributed by atoms with Crippen molar-refractivity contribution in [1.29, 1.82) is 0 Å². The second-order valence-electron chi connectivity index (χ2n) is 8.41. The smallest absolute Gasteiger partial charge is 0.433 e. The number of alkyl halides is 3. The molecule has 0 aromatic carbocycles. The van der Waals surface area contributed by atoms with E-state index in [4.69, 9.17) is 4.74 Å². The predicted molar refractivity (Wildman–Crippen MR) is 104 cm³/mol. The SMILES string of the molecule is COc1nc(C2CC2)nc2c1CN(C(=O)CC1CN(c3ccnc(C(F)(F)F)c3)C1)C2. The van der Waals surface area contributed by atoms with Crippen molar-refractivity contribution in [2.24, 2.45) is 5.92 Å². The lowest BCUT2D eigenvalue weighted by molar-refractivity contribution is -0.141. The van der Waals surface area contributed by atoms with Crippen molar-refractivity contribution in [2.75, 3.05) is 25.1 Å². The van der Waals surface area contributed by atoms with Crippen molar-refractivity contribution in [3.63, 3.8) is 0 Å². The molecular formula is C21H22F3N5O2. The van der Waals surface area contributed by atoms with Crippen LogP contribution in [0.2, 0.25) is 0 Å². The summed E-state index contributed by atoms with van der Waals surface area (Å²) in [4.78, 5) is 29.0. The zero-order chi connectivity index (χ0) is 21.8. The Morgan fingerprint density at radius 1 is 1.23 bits per heavy atom. The minimum Gasteiger partial charge on any atom is -0.481 e. The number of fused-ring (bicyclic) bond motifs is 1. The molecule has 1 amide bonds. The molecule has 10 heteroatoms.